The van der Waals surface area contributed by atoms with Crippen LogP contribution in [0.3, 0.4) is 0 Å². The molecule has 23 heavy (non-hydrogen) atoms. The maximum atomic E-state index is 12.0. The minimum Gasteiger partial charge on any atom is -0.310 e. The number of nitrogens with one attached hydrogen (secondary N) is 2. The molecule has 7 heteroatoms. The van der Waals surface area contributed by atoms with Gasteiger partial charge in [-0.15, -0.1) is 11.3 Å². The minimum absolute atomic E-state index is 0.0810. The third-order valence-corrected chi connectivity index (χ3v) is 4.22. The first-order chi connectivity index (χ1) is 11.1. The molecule has 6 nitrogen and oxygen atoms in total. The normalized spacial score (nSPS) is 10.8. The number of hydrogen-bond acceptors (Lipinski definition) is 5. The molecule has 0 radical (unpaired) electrons. The molecule has 0 saturated heterocycles. The van der Waals surface area contributed by atoms with Gasteiger partial charge in [0.15, 0.2) is 5.13 Å². The van der Waals surface area contributed by atoms with Gasteiger partial charge in [0.05, 0.1) is 16.6 Å². The number of amides is 1. The average molecular weight is 328 g/mol. The number of anilines is 1. The topological polar surface area (TPSA) is 87.7 Å². The van der Waals surface area contributed by atoms with E-state index in [0.717, 1.165) is 5.69 Å². The van der Waals surface area contributed by atoms with Crippen LogP contribution in [0.5, 0.6) is 0 Å². The highest BCUT2D eigenvalue weighted by Gasteiger charge is 2.07. The van der Waals surface area contributed by atoms with Crippen molar-refractivity contribution in [2.45, 2.75) is 26.2 Å². The number of carbonyl (C=O) groups excluding carboxylic acids is 1. The molecule has 3 aromatic rings. The second-order valence-corrected chi connectivity index (χ2v) is 6.08. The van der Waals surface area contributed by atoms with Gasteiger partial charge in [0.1, 0.15) is 5.82 Å². The van der Waals surface area contributed by atoms with Crippen molar-refractivity contribution in [3.05, 3.63) is 51.5 Å². The fourth-order valence-corrected chi connectivity index (χ4v) is 2.97. The zero-order valence-electron chi connectivity index (χ0n) is 12.6. The molecule has 0 aliphatic heterocycles. The van der Waals surface area contributed by atoms with E-state index in [-0.39, 0.29) is 11.5 Å². The van der Waals surface area contributed by atoms with Crippen LogP contribution in [0, 0.1) is 6.92 Å². The first-order valence-corrected chi connectivity index (χ1v) is 8.20. The van der Waals surface area contributed by atoms with Gasteiger partial charge in [-0.05, 0) is 25.5 Å². The number of H-pyrrole nitrogens is 1. The Morgan fingerprint density at radius 2 is 2.13 bits per heavy atom. The molecule has 0 bridgehead atoms. The van der Waals surface area contributed by atoms with Crippen LogP contribution in [0.1, 0.15) is 24.4 Å². The summed E-state index contributed by atoms with van der Waals surface area (Å²) in [5, 5.41) is 5.85. The van der Waals surface area contributed by atoms with Crippen LogP contribution in [0.15, 0.2) is 34.4 Å². The molecule has 2 aromatic heterocycles. The SMILES string of the molecule is Cc1csc(NC(=O)CCCc2nc3ccccc3c(=O)[nH]2)n1. The molecular formula is C16H16N4O2S. The number of aromatic amines is 1. The van der Waals surface area contributed by atoms with E-state index >= 15 is 0 Å². The first-order valence-electron chi connectivity index (χ1n) is 7.32. The molecule has 0 aliphatic carbocycles. The van der Waals surface area contributed by atoms with E-state index in [1.54, 1.807) is 6.07 Å². The number of hydrogen-bond donors (Lipinski definition) is 2. The average Bonchev–Trinajstić information content (AvgIpc) is 2.92. The van der Waals surface area contributed by atoms with Crippen molar-refractivity contribution in [2.24, 2.45) is 0 Å². The number of nitrogens with zero attached hydrogens (tertiary/aromatic N) is 2. The molecule has 0 saturated carbocycles. The van der Waals surface area contributed by atoms with Crippen molar-refractivity contribution in [2.75, 3.05) is 5.32 Å². The summed E-state index contributed by atoms with van der Waals surface area (Å²) in [4.78, 5) is 35.2. The van der Waals surface area contributed by atoms with Crippen LogP contribution in [0.25, 0.3) is 10.9 Å². The summed E-state index contributed by atoms with van der Waals surface area (Å²) in [5.41, 5.74) is 1.42. The second-order valence-electron chi connectivity index (χ2n) is 5.23. The summed E-state index contributed by atoms with van der Waals surface area (Å²) in [5.74, 6) is 0.522. The van der Waals surface area contributed by atoms with Crippen LogP contribution in [0.4, 0.5) is 5.13 Å². The Labute approximate surface area is 136 Å². The fraction of sp³-hybridized carbons (Fsp3) is 0.250. The highest BCUT2D eigenvalue weighted by atomic mass is 32.1. The van der Waals surface area contributed by atoms with E-state index in [1.807, 2.05) is 30.5 Å². The Kier molecular flexibility index (Phi) is 4.47. The lowest BCUT2D eigenvalue weighted by atomic mass is 10.2. The number of aryl methyl sites for hydroxylation is 2. The Bertz CT molecular complexity index is 900. The largest absolute Gasteiger partial charge is 0.310 e. The quantitative estimate of drug-likeness (QED) is 0.753. The molecule has 1 amide bonds. The van der Waals surface area contributed by atoms with E-state index in [0.29, 0.717) is 41.1 Å². The van der Waals surface area contributed by atoms with Crippen molar-refractivity contribution in [1.29, 1.82) is 0 Å². The van der Waals surface area contributed by atoms with E-state index < -0.39 is 0 Å². The number of thiazole rings is 1. The smallest absolute Gasteiger partial charge is 0.258 e. The molecule has 118 valence electrons. The number of benzene rings is 1. The van der Waals surface area contributed by atoms with Crippen molar-refractivity contribution >= 4 is 33.3 Å². The number of rotatable bonds is 5. The van der Waals surface area contributed by atoms with E-state index in [4.69, 9.17) is 0 Å². The van der Waals surface area contributed by atoms with Crippen LogP contribution in [-0.2, 0) is 11.2 Å². The van der Waals surface area contributed by atoms with Crippen molar-refractivity contribution in [3.8, 4) is 0 Å². The van der Waals surface area contributed by atoms with Gasteiger partial charge in [-0.3, -0.25) is 9.59 Å². The van der Waals surface area contributed by atoms with Gasteiger partial charge in [0, 0.05) is 18.2 Å². The predicted molar refractivity (Wildman–Crippen MR) is 90.8 cm³/mol. The molecule has 3 rings (SSSR count). The maximum absolute atomic E-state index is 12.0. The number of aromatic nitrogens is 3. The van der Waals surface area contributed by atoms with Gasteiger partial charge >= 0.3 is 0 Å². The van der Waals surface area contributed by atoms with Gasteiger partial charge in [-0.1, -0.05) is 12.1 Å². The number of fused-ring (bicyclic) bond motifs is 1. The van der Waals surface area contributed by atoms with Gasteiger partial charge in [-0.2, -0.15) is 0 Å². The van der Waals surface area contributed by atoms with E-state index in [2.05, 4.69) is 20.3 Å². The second kappa shape index (κ2) is 6.70. The highest BCUT2D eigenvalue weighted by Crippen LogP contribution is 2.15. The van der Waals surface area contributed by atoms with E-state index in [1.165, 1.54) is 11.3 Å². The first kappa shape index (κ1) is 15.4. The Hall–Kier alpha value is -2.54. The van der Waals surface area contributed by atoms with Gasteiger partial charge in [0.25, 0.3) is 5.56 Å². The standard InChI is InChI=1S/C16H16N4O2S/c1-10-9-23-16(17-10)20-14(21)8-4-7-13-18-12-6-3-2-5-11(12)15(22)19-13/h2-3,5-6,9H,4,7-8H2,1H3,(H,17,20,21)(H,18,19,22). The summed E-state index contributed by atoms with van der Waals surface area (Å²) >= 11 is 1.41. The van der Waals surface area contributed by atoms with Crippen LogP contribution in [0.2, 0.25) is 0 Å². The molecule has 0 aliphatic rings. The lowest BCUT2D eigenvalue weighted by Gasteiger charge is -2.03. The van der Waals surface area contributed by atoms with Crippen LogP contribution < -0.4 is 10.9 Å². The van der Waals surface area contributed by atoms with Gasteiger partial charge in [0.2, 0.25) is 5.91 Å². The molecule has 0 spiro atoms. The maximum Gasteiger partial charge on any atom is 0.258 e. The van der Waals surface area contributed by atoms with Gasteiger partial charge in [-0.25, -0.2) is 9.97 Å². The van der Waals surface area contributed by atoms with E-state index in [9.17, 15) is 9.59 Å². The third kappa shape index (κ3) is 3.81. The van der Waals surface area contributed by atoms with Crippen molar-refractivity contribution < 1.29 is 4.79 Å². The molecule has 0 atom stereocenters. The monoisotopic (exact) mass is 328 g/mol. The van der Waals surface area contributed by atoms with Crippen LogP contribution >= 0.6 is 11.3 Å². The summed E-state index contributed by atoms with van der Waals surface area (Å²) in [6.45, 7) is 1.88. The molecule has 2 heterocycles. The Morgan fingerprint density at radius 1 is 1.30 bits per heavy atom. The molecular weight excluding hydrogens is 312 g/mol. The van der Waals surface area contributed by atoms with Gasteiger partial charge < -0.3 is 10.3 Å². The fourth-order valence-electron chi connectivity index (χ4n) is 2.26. The van der Waals surface area contributed by atoms with Crippen molar-refractivity contribution in [1.82, 2.24) is 15.0 Å². The Balaban J connectivity index is 1.58. The zero-order chi connectivity index (χ0) is 16.2. The lowest BCUT2D eigenvalue weighted by Crippen LogP contribution is -2.14. The zero-order valence-corrected chi connectivity index (χ0v) is 13.4. The Morgan fingerprint density at radius 3 is 2.91 bits per heavy atom. The third-order valence-electron chi connectivity index (χ3n) is 3.34. The van der Waals surface area contributed by atoms with Crippen molar-refractivity contribution in [3.63, 3.8) is 0 Å². The molecule has 1 aromatic carbocycles. The predicted octanol–water partition coefficient (Wildman–Crippen LogP) is 2.65. The summed E-state index contributed by atoms with van der Waals surface area (Å²) in [6.07, 6.45) is 1.51. The van der Waals surface area contributed by atoms with Crippen LogP contribution in [-0.4, -0.2) is 20.9 Å². The lowest BCUT2D eigenvalue weighted by molar-refractivity contribution is -0.116. The number of carbonyl (C=O) groups is 1. The molecule has 2 N–H and O–H groups in total. The minimum atomic E-state index is -0.145. The molecule has 0 fully saturated rings. The summed E-state index contributed by atoms with van der Waals surface area (Å²) < 4.78 is 0. The summed E-state index contributed by atoms with van der Waals surface area (Å²) in [6, 6.07) is 7.21. The highest BCUT2D eigenvalue weighted by molar-refractivity contribution is 7.13. The summed E-state index contributed by atoms with van der Waals surface area (Å²) in [7, 11) is 0. The number of para-hydroxylation sites is 1. The molecule has 0 unspecified atom stereocenters.